The average Bonchev–Trinajstić information content (AvgIpc) is 3.33. The van der Waals surface area contributed by atoms with Crippen molar-refractivity contribution in [1.29, 1.82) is 0 Å². The van der Waals surface area contributed by atoms with E-state index in [1.54, 1.807) is 10.9 Å². The van der Waals surface area contributed by atoms with E-state index in [0.717, 1.165) is 28.5 Å². The molecule has 2 aromatic carbocycles. The summed E-state index contributed by atoms with van der Waals surface area (Å²) in [6, 6.07) is 22.2. The molecule has 0 radical (unpaired) electrons. The van der Waals surface area contributed by atoms with Gasteiger partial charge in [0.1, 0.15) is 24.2 Å². The molecule has 1 aliphatic rings. The number of benzene rings is 2. The Morgan fingerprint density at radius 3 is 2.29 bits per heavy atom. The molecule has 1 fully saturated rings. The SMILES string of the molecule is Cn1cc(-c2cccc(COc3ccc(C(C)(C)c4ccc(OC5CC(NC(=O)O)C5)cc4)cc3)n2)cn1. The highest BCUT2D eigenvalue weighted by molar-refractivity contribution is 5.65. The molecule has 0 bridgehead atoms. The van der Waals surface area contributed by atoms with E-state index in [1.165, 1.54) is 11.1 Å². The summed E-state index contributed by atoms with van der Waals surface area (Å²) < 4.78 is 13.8. The molecule has 2 heterocycles. The molecular formula is C30H32N4O4. The van der Waals surface area contributed by atoms with E-state index in [9.17, 15) is 4.79 Å². The first-order valence-electron chi connectivity index (χ1n) is 12.7. The Bertz CT molecular complexity index is 1390. The molecule has 0 spiro atoms. The zero-order valence-electron chi connectivity index (χ0n) is 21.8. The molecule has 8 nitrogen and oxygen atoms in total. The number of pyridine rings is 1. The van der Waals surface area contributed by atoms with Gasteiger partial charge in [0.2, 0.25) is 0 Å². The molecular weight excluding hydrogens is 480 g/mol. The minimum atomic E-state index is -0.983. The number of aromatic nitrogens is 3. The van der Waals surface area contributed by atoms with E-state index in [4.69, 9.17) is 19.6 Å². The number of ether oxygens (including phenoxy) is 2. The lowest BCUT2D eigenvalue weighted by molar-refractivity contribution is 0.0833. The average molecular weight is 513 g/mol. The Hall–Kier alpha value is -4.33. The van der Waals surface area contributed by atoms with Crippen molar-refractivity contribution in [2.45, 2.75) is 50.9 Å². The van der Waals surface area contributed by atoms with E-state index in [-0.39, 0.29) is 17.6 Å². The minimum absolute atomic E-state index is 0.0177. The third-order valence-corrected chi connectivity index (χ3v) is 7.07. The molecule has 2 N–H and O–H groups in total. The lowest BCUT2D eigenvalue weighted by atomic mass is 9.78. The zero-order valence-corrected chi connectivity index (χ0v) is 21.8. The molecule has 1 aliphatic carbocycles. The number of hydrogen-bond acceptors (Lipinski definition) is 5. The number of amides is 1. The van der Waals surface area contributed by atoms with Crippen molar-refractivity contribution in [3.63, 3.8) is 0 Å². The van der Waals surface area contributed by atoms with Crippen molar-refractivity contribution in [3.05, 3.63) is 95.9 Å². The summed E-state index contributed by atoms with van der Waals surface area (Å²) in [7, 11) is 1.89. The second-order valence-electron chi connectivity index (χ2n) is 10.2. The molecule has 0 unspecified atom stereocenters. The summed E-state index contributed by atoms with van der Waals surface area (Å²) in [5.74, 6) is 1.59. The van der Waals surface area contributed by atoms with Gasteiger partial charge in [-0.3, -0.25) is 4.68 Å². The smallest absolute Gasteiger partial charge is 0.404 e. The monoisotopic (exact) mass is 512 g/mol. The molecule has 0 saturated heterocycles. The number of aryl methyl sites for hydroxylation is 1. The summed E-state index contributed by atoms with van der Waals surface area (Å²) >= 11 is 0. The standard InChI is InChI=1S/C30H32N4O4/c1-30(2,22-9-13-26(14-10-22)38-27-15-24(16-27)33-29(35)36)21-7-11-25(12-8-21)37-19-23-5-4-6-28(32-23)20-17-31-34(3)18-20/h4-14,17-18,24,27,33H,15-16,19H2,1-3H3,(H,35,36). The molecule has 1 amide bonds. The number of hydrogen-bond donors (Lipinski definition) is 2. The summed E-state index contributed by atoms with van der Waals surface area (Å²) in [4.78, 5) is 15.4. The summed E-state index contributed by atoms with van der Waals surface area (Å²) in [5.41, 5.74) is 4.85. The topological polar surface area (TPSA) is 98.5 Å². The maximum atomic E-state index is 10.7. The second-order valence-corrected chi connectivity index (χ2v) is 10.2. The van der Waals surface area contributed by atoms with Crippen molar-refractivity contribution >= 4 is 6.09 Å². The highest BCUT2D eigenvalue weighted by Gasteiger charge is 2.32. The van der Waals surface area contributed by atoms with E-state index in [0.29, 0.717) is 19.4 Å². The van der Waals surface area contributed by atoms with Gasteiger partial charge in [-0.15, -0.1) is 0 Å². The Kier molecular flexibility index (Phi) is 7.05. The molecule has 0 aliphatic heterocycles. The van der Waals surface area contributed by atoms with E-state index < -0.39 is 6.09 Å². The van der Waals surface area contributed by atoms with Crippen LogP contribution in [0.1, 0.15) is 43.5 Å². The van der Waals surface area contributed by atoms with Gasteiger partial charge in [-0.1, -0.05) is 44.2 Å². The number of carbonyl (C=O) groups is 1. The van der Waals surface area contributed by atoms with Crippen LogP contribution in [-0.4, -0.2) is 38.1 Å². The number of nitrogens with one attached hydrogen (secondary N) is 1. The Morgan fingerprint density at radius 2 is 1.68 bits per heavy atom. The van der Waals surface area contributed by atoms with Crippen molar-refractivity contribution in [2.24, 2.45) is 7.05 Å². The summed E-state index contributed by atoms with van der Waals surface area (Å²) in [6.07, 6.45) is 4.20. The third kappa shape index (κ3) is 5.80. The van der Waals surface area contributed by atoms with Crippen LogP contribution in [0.25, 0.3) is 11.3 Å². The Labute approximate surface area is 222 Å². The fourth-order valence-corrected chi connectivity index (χ4v) is 4.66. The molecule has 38 heavy (non-hydrogen) atoms. The van der Waals surface area contributed by atoms with Crippen molar-refractivity contribution in [2.75, 3.05) is 0 Å². The van der Waals surface area contributed by atoms with Crippen LogP contribution in [0, 0.1) is 0 Å². The minimum Gasteiger partial charge on any atom is -0.490 e. The van der Waals surface area contributed by atoms with Crippen LogP contribution in [0.4, 0.5) is 4.79 Å². The summed E-state index contributed by atoms with van der Waals surface area (Å²) in [6.45, 7) is 4.77. The lowest BCUT2D eigenvalue weighted by Crippen LogP contribution is -2.48. The first-order valence-corrected chi connectivity index (χ1v) is 12.7. The van der Waals surface area contributed by atoms with Crippen LogP contribution in [0.5, 0.6) is 11.5 Å². The largest absolute Gasteiger partial charge is 0.490 e. The first kappa shape index (κ1) is 25.3. The zero-order chi connectivity index (χ0) is 26.7. The van der Waals surface area contributed by atoms with Crippen molar-refractivity contribution in [1.82, 2.24) is 20.1 Å². The van der Waals surface area contributed by atoms with E-state index in [2.05, 4.69) is 48.5 Å². The number of carboxylic acid groups (broad SMARTS) is 1. The molecule has 4 aromatic rings. The molecule has 196 valence electrons. The van der Waals surface area contributed by atoms with Crippen LogP contribution < -0.4 is 14.8 Å². The molecule has 2 aromatic heterocycles. The lowest BCUT2D eigenvalue weighted by Gasteiger charge is -2.35. The van der Waals surface area contributed by atoms with Crippen LogP contribution in [0.3, 0.4) is 0 Å². The molecule has 0 atom stereocenters. The molecule has 8 heteroatoms. The van der Waals surface area contributed by atoms with Gasteiger partial charge in [0.25, 0.3) is 0 Å². The van der Waals surface area contributed by atoms with Crippen molar-refractivity contribution in [3.8, 4) is 22.8 Å². The van der Waals surface area contributed by atoms with Gasteiger partial charge in [0.05, 0.1) is 17.6 Å². The number of nitrogens with zero attached hydrogens (tertiary/aromatic N) is 3. The van der Waals surface area contributed by atoms with Gasteiger partial charge >= 0.3 is 6.09 Å². The van der Waals surface area contributed by atoms with Crippen LogP contribution in [0.15, 0.2) is 79.1 Å². The van der Waals surface area contributed by atoms with Crippen LogP contribution in [0.2, 0.25) is 0 Å². The highest BCUT2D eigenvalue weighted by atomic mass is 16.5. The predicted octanol–water partition coefficient (Wildman–Crippen LogP) is 5.56. The first-order chi connectivity index (χ1) is 18.3. The van der Waals surface area contributed by atoms with Gasteiger partial charge < -0.3 is 19.9 Å². The van der Waals surface area contributed by atoms with Crippen molar-refractivity contribution < 1.29 is 19.4 Å². The fraction of sp³-hybridized carbons (Fsp3) is 0.300. The van der Waals surface area contributed by atoms with Gasteiger partial charge in [0.15, 0.2) is 0 Å². The maximum absolute atomic E-state index is 10.7. The van der Waals surface area contributed by atoms with E-state index >= 15 is 0 Å². The second kappa shape index (κ2) is 10.6. The van der Waals surface area contributed by atoms with Gasteiger partial charge in [0, 0.05) is 43.1 Å². The van der Waals surface area contributed by atoms with Gasteiger partial charge in [-0.25, -0.2) is 9.78 Å². The Morgan fingerprint density at radius 1 is 1.03 bits per heavy atom. The summed E-state index contributed by atoms with van der Waals surface area (Å²) in [5, 5.41) is 15.5. The van der Waals surface area contributed by atoms with Gasteiger partial charge in [-0.2, -0.15) is 5.10 Å². The third-order valence-electron chi connectivity index (χ3n) is 7.07. The van der Waals surface area contributed by atoms with Gasteiger partial charge in [-0.05, 0) is 47.5 Å². The quantitative estimate of drug-likeness (QED) is 0.305. The predicted molar refractivity (Wildman–Crippen MR) is 144 cm³/mol. The maximum Gasteiger partial charge on any atom is 0.404 e. The van der Waals surface area contributed by atoms with E-state index in [1.807, 2.05) is 55.7 Å². The molecule has 5 rings (SSSR count). The van der Waals surface area contributed by atoms with Crippen LogP contribution >= 0.6 is 0 Å². The number of rotatable bonds is 9. The van der Waals surface area contributed by atoms with Crippen LogP contribution in [-0.2, 0) is 19.1 Å². The highest BCUT2D eigenvalue weighted by Crippen LogP contribution is 2.34. The molecule has 1 saturated carbocycles. The normalized spacial score (nSPS) is 16.9. The fourth-order valence-electron chi connectivity index (χ4n) is 4.66. The Balaban J connectivity index is 1.17.